The maximum atomic E-state index is 11.2. The van der Waals surface area contributed by atoms with E-state index in [1.54, 1.807) is 11.3 Å². The van der Waals surface area contributed by atoms with Gasteiger partial charge in [0.25, 0.3) is 0 Å². The molecule has 1 unspecified atom stereocenters. The molecule has 1 N–H and O–H groups in total. The zero-order valence-corrected chi connectivity index (χ0v) is 9.30. The molecule has 3 heteroatoms. The molecule has 0 aliphatic rings. The van der Waals surface area contributed by atoms with Gasteiger partial charge in [0.15, 0.2) is 0 Å². The maximum Gasteiger partial charge on any atom is 0.243 e. The summed E-state index contributed by atoms with van der Waals surface area (Å²) in [6, 6.07) is 4.13. The van der Waals surface area contributed by atoms with E-state index in [-0.39, 0.29) is 11.9 Å². The number of amides is 1. The fourth-order valence-corrected chi connectivity index (χ4v) is 2.20. The summed E-state index contributed by atoms with van der Waals surface area (Å²) in [5, 5.41) is 4.94. The minimum atomic E-state index is -0.114. The van der Waals surface area contributed by atoms with Crippen molar-refractivity contribution in [2.24, 2.45) is 5.92 Å². The molecule has 1 aromatic heterocycles. The van der Waals surface area contributed by atoms with Crippen molar-refractivity contribution in [2.45, 2.75) is 19.9 Å². The topological polar surface area (TPSA) is 29.1 Å². The first-order valence-electron chi connectivity index (χ1n) is 4.61. The molecule has 0 saturated heterocycles. The number of rotatable bonds is 4. The number of nitrogens with one attached hydrogen (secondary N) is 1. The van der Waals surface area contributed by atoms with Crippen molar-refractivity contribution in [1.82, 2.24) is 5.32 Å². The lowest BCUT2D eigenvalue weighted by Crippen LogP contribution is -2.29. The van der Waals surface area contributed by atoms with Crippen molar-refractivity contribution in [3.63, 3.8) is 0 Å². The lowest BCUT2D eigenvalue weighted by Gasteiger charge is -2.20. The molecule has 0 bridgehead atoms. The molecule has 0 spiro atoms. The Hall–Kier alpha value is -1.09. The number of carbonyl (C=O) groups is 1. The molecule has 14 heavy (non-hydrogen) atoms. The molecule has 2 nitrogen and oxygen atoms in total. The Kier molecular flexibility index (Phi) is 3.89. The van der Waals surface area contributed by atoms with Crippen LogP contribution in [-0.4, -0.2) is 5.91 Å². The fraction of sp³-hybridized carbons (Fsp3) is 0.364. The Bertz CT molecular complexity index is 303. The zero-order chi connectivity index (χ0) is 10.6. The van der Waals surface area contributed by atoms with Crippen LogP contribution >= 0.6 is 11.3 Å². The quantitative estimate of drug-likeness (QED) is 0.759. The molecule has 1 amide bonds. The summed E-state index contributed by atoms with van der Waals surface area (Å²) < 4.78 is 0. The van der Waals surface area contributed by atoms with Gasteiger partial charge in [-0.05, 0) is 23.4 Å². The molecule has 1 atom stereocenters. The van der Waals surface area contributed by atoms with Gasteiger partial charge in [-0.25, -0.2) is 0 Å². The monoisotopic (exact) mass is 209 g/mol. The first kappa shape index (κ1) is 11.0. The SMILES string of the molecule is C=CC(=O)NC(c1cccs1)C(C)C. The van der Waals surface area contributed by atoms with Gasteiger partial charge in [0.05, 0.1) is 6.04 Å². The van der Waals surface area contributed by atoms with E-state index in [2.05, 4.69) is 25.7 Å². The summed E-state index contributed by atoms with van der Waals surface area (Å²) in [7, 11) is 0. The summed E-state index contributed by atoms with van der Waals surface area (Å²) in [6.45, 7) is 7.63. The number of carbonyl (C=O) groups excluding carboxylic acids is 1. The summed E-state index contributed by atoms with van der Waals surface area (Å²) in [5.74, 6) is 0.273. The standard InChI is InChI=1S/C11H15NOS/c1-4-10(13)12-11(8(2)3)9-6-5-7-14-9/h4-8,11H,1H2,2-3H3,(H,12,13). The molecule has 1 heterocycles. The van der Waals surface area contributed by atoms with E-state index in [4.69, 9.17) is 0 Å². The van der Waals surface area contributed by atoms with Crippen molar-refractivity contribution in [3.05, 3.63) is 35.0 Å². The van der Waals surface area contributed by atoms with Crippen molar-refractivity contribution >= 4 is 17.2 Å². The summed E-state index contributed by atoms with van der Waals surface area (Å²) >= 11 is 1.66. The molecule has 1 aromatic rings. The van der Waals surface area contributed by atoms with Crippen LogP contribution in [-0.2, 0) is 4.79 Å². The molecular formula is C11H15NOS. The smallest absolute Gasteiger partial charge is 0.243 e. The first-order chi connectivity index (χ1) is 6.65. The normalized spacial score (nSPS) is 12.5. The third-order valence-corrected chi connectivity index (χ3v) is 2.95. The highest BCUT2D eigenvalue weighted by Gasteiger charge is 2.17. The van der Waals surface area contributed by atoms with Gasteiger partial charge in [0, 0.05) is 4.88 Å². The van der Waals surface area contributed by atoms with E-state index in [1.807, 2.05) is 17.5 Å². The Labute approximate surface area is 88.6 Å². The Morgan fingerprint density at radius 3 is 2.79 bits per heavy atom. The Morgan fingerprint density at radius 2 is 2.36 bits per heavy atom. The van der Waals surface area contributed by atoms with Gasteiger partial charge in [-0.3, -0.25) is 4.79 Å². The predicted octanol–water partition coefficient (Wildman–Crippen LogP) is 2.75. The lowest BCUT2D eigenvalue weighted by atomic mass is 10.0. The van der Waals surface area contributed by atoms with E-state index >= 15 is 0 Å². The molecule has 0 saturated carbocycles. The van der Waals surface area contributed by atoms with Crippen LogP contribution in [0.3, 0.4) is 0 Å². The zero-order valence-electron chi connectivity index (χ0n) is 8.49. The second-order valence-corrected chi connectivity index (χ2v) is 4.43. The third-order valence-electron chi connectivity index (χ3n) is 2.00. The van der Waals surface area contributed by atoms with Gasteiger partial charge in [-0.15, -0.1) is 11.3 Å². The van der Waals surface area contributed by atoms with E-state index in [1.165, 1.54) is 11.0 Å². The predicted molar refractivity (Wildman–Crippen MR) is 60.2 cm³/mol. The summed E-state index contributed by atoms with van der Waals surface area (Å²) in [4.78, 5) is 12.4. The average Bonchev–Trinajstić information content (AvgIpc) is 2.65. The minimum Gasteiger partial charge on any atom is -0.345 e. The molecule has 0 fully saturated rings. The van der Waals surface area contributed by atoms with E-state index in [0.717, 1.165) is 0 Å². The van der Waals surface area contributed by atoms with Crippen LogP contribution in [0.5, 0.6) is 0 Å². The number of hydrogen-bond donors (Lipinski definition) is 1. The van der Waals surface area contributed by atoms with Gasteiger partial charge in [0.2, 0.25) is 5.91 Å². The number of hydrogen-bond acceptors (Lipinski definition) is 2. The van der Waals surface area contributed by atoms with Crippen LogP contribution in [0.4, 0.5) is 0 Å². The van der Waals surface area contributed by atoms with Crippen LogP contribution in [0.25, 0.3) is 0 Å². The minimum absolute atomic E-state index is 0.0977. The van der Waals surface area contributed by atoms with Gasteiger partial charge >= 0.3 is 0 Å². The molecule has 1 rings (SSSR count). The van der Waals surface area contributed by atoms with Gasteiger partial charge < -0.3 is 5.32 Å². The Morgan fingerprint density at radius 1 is 1.64 bits per heavy atom. The van der Waals surface area contributed by atoms with E-state index in [9.17, 15) is 4.79 Å². The number of thiophene rings is 1. The van der Waals surface area contributed by atoms with Gasteiger partial charge in [-0.1, -0.05) is 26.5 Å². The molecule has 0 radical (unpaired) electrons. The van der Waals surface area contributed by atoms with Crippen LogP contribution in [0.2, 0.25) is 0 Å². The van der Waals surface area contributed by atoms with Gasteiger partial charge in [-0.2, -0.15) is 0 Å². The highest BCUT2D eigenvalue weighted by Crippen LogP contribution is 2.25. The average molecular weight is 209 g/mol. The first-order valence-corrected chi connectivity index (χ1v) is 5.49. The molecule has 0 aromatic carbocycles. The molecule has 76 valence electrons. The summed E-state index contributed by atoms with van der Waals surface area (Å²) in [6.07, 6.45) is 1.31. The van der Waals surface area contributed by atoms with Crippen LogP contribution in [0.1, 0.15) is 24.8 Å². The van der Waals surface area contributed by atoms with Crippen molar-refractivity contribution in [1.29, 1.82) is 0 Å². The fourth-order valence-electron chi connectivity index (χ4n) is 1.25. The molecular weight excluding hydrogens is 194 g/mol. The van der Waals surface area contributed by atoms with Crippen LogP contribution in [0, 0.1) is 5.92 Å². The maximum absolute atomic E-state index is 11.2. The van der Waals surface area contributed by atoms with Gasteiger partial charge in [0.1, 0.15) is 0 Å². The highest BCUT2D eigenvalue weighted by molar-refractivity contribution is 7.10. The second-order valence-electron chi connectivity index (χ2n) is 3.45. The lowest BCUT2D eigenvalue weighted by molar-refractivity contribution is -0.117. The van der Waals surface area contributed by atoms with E-state index < -0.39 is 0 Å². The summed E-state index contributed by atoms with van der Waals surface area (Å²) in [5.41, 5.74) is 0. The Balaban J connectivity index is 2.75. The van der Waals surface area contributed by atoms with E-state index in [0.29, 0.717) is 5.92 Å². The third kappa shape index (κ3) is 2.70. The largest absolute Gasteiger partial charge is 0.345 e. The van der Waals surface area contributed by atoms with Crippen molar-refractivity contribution in [3.8, 4) is 0 Å². The highest BCUT2D eigenvalue weighted by atomic mass is 32.1. The molecule has 0 aliphatic carbocycles. The van der Waals surface area contributed by atoms with Crippen LogP contribution in [0.15, 0.2) is 30.2 Å². The van der Waals surface area contributed by atoms with Crippen LogP contribution < -0.4 is 5.32 Å². The van der Waals surface area contributed by atoms with Crippen molar-refractivity contribution in [2.75, 3.05) is 0 Å². The van der Waals surface area contributed by atoms with Crippen molar-refractivity contribution < 1.29 is 4.79 Å². The molecule has 0 aliphatic heterocycles. The second kappa shape index (κ2) is 4.96.